The number of hydrogen-bond donors (Lipinski definition) is 1. The number of hydrogen-bond acceptors (Lipinski definition) is 3. The lowest BCUT2D eigenvalue weighted by atomic mass is 10.1. The van der Waals surface area contributed by atoms with Gasteiger partial charge in [-0.05, 0) is 38.9 Å². The molecule has 1 aliphatic rings. The van der Waals surface area contributed by atoms with Crippen LogP contribution >= 0.6 is 0 Å². The smallest absolute Gasteiger partial charge is 0.120 e. The van der Waals surface area contributed by atoms with Gasteiger partial charge in [0.05, 0.1) is 13.1 Å². The molecule has 0 aliphatic carbocycles. The second kappa shape index (κ2) is 5.52. The lowest BCUT2D eigenvalue weighted by Crippen LogP contribution is -2.28. The largest absolute Gasteiger partial charge is 0.463 e. The molecule has 17 heavy (non-hydrogen) atoms. The number of nitrogens with zero attached hydrogens (tertiary/aromatic N) is 1. The average molecular weight is 234 g/mol. The highest BCUT2D eigenvalue weighted by Gasteiger charge is 2.13. The molecule has 1 aromatic heterocycles. The van der Waals surface area contributed by atoms with Gasteiger partial charge in [0.1, 0.15) is 11.5 Å². The zero-order chi connectivity index (χ0) is 12.3. The Hall–Kier alpha value is -1.06. The van der Waals surface area contributed by atoms with Crippen LogP contribution in [-0.4, -0.2) is 25.0 Å². The topological polar surface area (TPSA) is 28.4 Å². The first kappa shape index (κ1) is 12.4. The van der Waals surface area contributed by atoms with Crippen molar-refractivity contribution < 1.29 is 4.42 Å². The van der Waals surface area contributed by atoms with Crippen LogP contribution in [0.5, 0.6) is 0 Å². The molecule has 2 heterocycles. The van der Waals surface area contributed by atoms with E-state index in [4.69, 9.17) is 4.42 Å². The molecule has 0 spiro atoms. The number of nitrogens with one attached hydrogen (secondary N) is 1. The molecule has 1 N–H and O–H groups in total. The van der Waals surface area contributed by atoms with Gasteiger partial charge in [-0.3, -0.25) is 4.90 Å². The molecule has 0 fully saturated rings. The summed E-state index contributed by atoms with van der Waals surface area (Å²) >= 11 is 0. The molecular formula is C14H22N2O. The van der Waals surface area contributed by atoms with E-state index < -0.39 is 0 Å². The van der Waals surface area contributed by atoms with E-state index in [-0.39, 0.29) is 0 Å². The first-order chi connectivity index (χ1) is 8.19. The predicted molar refractivity (Wildman–Crippen MR) is 69.9 cm³/mol. The van der Waals surface area contributed by atoms with Crippen LogP contribution in [0.25, 0.3) is 0 Å². The van der Waals surface area contributed by atoms with Crippen molar-refractivity contribution in [2.24, 2.45) is 0 Å². The summed E-state index contributed by atoms with van der Waals surface area (Å²) in [6.07, 6.45) is 3.49. The molecule has 0 aromatic carbocycles. The maximum atomic E-state index is 5.87. The fraction of sp³-hybridized carbons (Fsp3) is 0.571. The van der Waals surface area contributed by atoms with E-state index >= 15 is 0 Å². The van der Waals surface area contributed by atoms with Crippen LogP contribution in [-0.2, 0) is 13.1 Å². The fourth-order valence-corrected chi connectivity index (χ4v) is 2.35. The standard InChI is InChI=1S/C14H22N2O/c1-11-5-4-6-16(9-11)10-13-7-12(2)14(17-13)8-15-3/h5,7,15H,4,6,8-10H2,1-3H3. The molecule has 0 amide bonds. The molecule has 0 bridgehead atoms. The summed E-state index contributed by atoms with van der Waals surface area (Å²) < 4.78 is 5.87. The molecule has 1 aromatic rings. The predicted octanol–water partition coefficient (Wildman–Crippen LogP) is 2.46. The van der Waals surface area contributed by atoms with Crippen molar-refractivity contribution in [1.82, 2.24) is 10.2 Å². The minimum atomic E-state index is 0.810. The van der Waals surface area contributed by atoms with Gasteiger partial charge >= 0.3 is 0 Å². The highest BCUT2D eigenvalue weighted by Crippen LogP contribution is 2.18. The second-order valence-electron chi connectivity index (χ2n) is 4.90. The molecule has 0 saturated heterocycles. The summed E-state index contributed by atoms with van der Waals surface area (Å²) in [5.41, 5.74) is 2.72. The van der Waals surface area contributed by atoms with Crippen molar-refractivity contribution in [3.8, 4) is 0 Å². The first-order valence-corrected chi connectivity index (χ1v) is 6.30. The van der Waals surface area contributed by atoms with E-state index in [1.807, 2.05) is 7.05 Å². The summed E-state index contributed by atoms with van der Waals surface area (Å²) in [6, 6.07) is 2.17. The number of aryl methyl sites for hydroxylation is 1. The van der Waals surface area contributed by atoms with Crippen LogP contribution in [0.3, 0.4) is 0 Å². The maximum absolute atomic E-state index is 5.87. The lowest BCUT2D eigenvalue weighted by molar-refractivity contribution is 0.254. The Morgan fingerprint density at radius 2 is 2.24 bits per heavy atom. The van der Waals surface area contributed by atoms with Gasteiger partial charge < -0.3 is 9.73 Å². The van der Waals surface area contributed by atoms with Gasteiger partial charge in [0.25, 0.3) is 0 Å². The van der Waals surface area contributed by atoms with Crippen molar-refractivity contribution in [3.63, 3.8) is 0 Å². The Balaban J connectivity index is 1.99. The molecule has 3 nitrogen and oxygen atoms in total. The molecule has 0 saturated carbocycles. The third-order valence-corrected chi connectivity index (χ3v) is 3.20. The van der Waals surface area contributed by atoms with E-state index in [0.717, 1.165) is 44.1 Å². The van der Waals surface area contributed by atoms with Gasteiger partial charge in [-0.1, -0.05) is 11.6 Å². The Morgan fingerprint density at radius 3 is 2.94 bits per heavy atom. The second-order valence-corrected chi connectivity index (χ2v) is 4.90. The summed E-state index contributed by atoms with van der Waals surface area (Å²) in [5, 5.41) is 3.13. The summed E-state index contributed by atoms with van der Waals surface area (Å²) in [6.45, 7) is 8.26. The third-order valence-electron chi connectivity index (χ3n) is 3.20. The average Bonchev–Trinajstić information content (AvgIpc) is 2.60. The minimum Gasteiger partial charge on any atom is -0.463 e. The van der Waals surface area contributed by atoms with Gasteiger partial charge in [0.15, 0.2) is 0 Å². The van der Waals surface area contributed by atoms with Gasteiger partial charge in [0, 0.05) is 13.1 Å². The van der Waals surface area contributed by atoms with E-state index in [1.165, 1.54) is 11.1 Å². The van der Waals surface area contributed by atoms with E-state index in [0.29, 0.717) is 0 Å². The quantitative estimate of drug-likeness (QED) is 0.811. The van der Waals surface area contributed by atoms with Crippen LogP contribution in [0.15, 0.2) is 22.1 Å². The first-order valence-electron chi connectivity index (χ1n) is 6.30. The Bertz CT molecular complexity index is 406. The molecule has 0 atom stereocenters. The van der Waals surface area contributed by atoms with Crippen molar-refractivity contribution in [3.05, 3.63) is 34.8 Å². The van der Waals surface area contributed by atoms with Crippen LogP contribution in [0.4, 0.5) is 0 Å². The van der Waals surface area contributed by atoms with Gasteiger partial charge in [0.2, 0.25) is 0 Å². The van der Waals surface area contributed by atoms with E-state index in [2.05, 4.69) is 36.2 Å². The van der Waals surface area contributed by atoms with E-state index in [9.17, 15) is 0 Å². The molecular weight excluding hydrogens is 212 g/mol. The van der Waals surface area contributed by atoms with Crippen LogP contribution in [0, 0.1) is 6.92 Å². The fourth-order valence-electron chi connectivity index (χ4n) is 2.35. The van der Waals surface area contributed by atoms with Gasteiger partial charge in [-0.25, -0.2) is 0 Å². The van der Waals surface area contributed by atoms with Crippen molar-refractivity contribution in [2.45, 2.75) is 33.4 Å². The molecule has 2 rings (SSSR count). The number of furan rings is 1. The van der Waals surface area contributed by atoms with E-state index in [1.54, 1.807) is 0 Å². The molecule has 1 aliphatic heterocycles. The number of rotatable bonds is 4. The normalized spacial score (nSPS) is 17.2. The Labute approximate surface area is 103 Å². The molecule has 0 unspecified atom stereocenters. The highest BCUT2D eigenvalue weighted by molar-refractivity contribution is 5.20. The zero-order valence-corrected chi connectivity index (χ0v) is 11.0. The van der Waals surface area contributed by atoms with Crippen molar-refractivity contribution >= 4 is 0 Å². The SMILES string of the molecule is CNCc1oc(CN2CCC=C(C)C2)cc1C. The molecule has 94 valence electrons. The third kappa shape index (κ3) is 3.20. The molecule has 3 heteroatoms. The summed E-state index contributed by atoms with van der Waals surface area (Å²) in [4.78, 5) is 2.44. The van der Waals surface area contributed by atoms with Crippen molar-refractivity contribution in [1.29, 1.82) is 0 Å². The monoisotopic (exact) mass is 234 g/mol. The Morgan fingerprint density at radius 1 is 1.41 bits per heavy atom. The minimum absolute atomic E-state index is 0.810. The van der Waals surface area contributed by atoms with Crippen LogP contribution in [0.1, 0.15) is 30.4 Å². The van der Waals surface area contributed by atoms with Crippen molar-refractivity contribution in [2.75, 3.05) is 20.1 Å². The lowest BCUT2D eigenvalue weighted by Gasteiger charge is -2.24. The van der Waals surface area contributed by atoms with Crippen LogP contribution in [0.2, 0.25) is 0 Å². The Kier molecular flexibility index (Phi) is 4.02. The summed E-state index contributed by atoms with van der Waals surface area (Å²) in [7, 11) is 1.94. The maximum Gasteiger partial charge on any atom is 0.120 e. The van der Waals surface area contributed by atoms with Gasteiger partial charge in [-0.2, -0.15) is 0 Å². The molecule has 0 radical (unpaired) electrons. The van der Waals surface area contributed by atoms with Gasteiger partial charge in [-0.15, -0.1) is 0 Å². The summed E-state index contributed by atoms with van der Waals surface area (Å²) in [5.74, 6) is 2.15. The highest BCUT2D eigenvalue weighted by atomic mass is 16.3. The van der Waals surface area contributed by atoms with Crippen LogP contribution < -0.4 is 5.32 Å². The zero-order valence-electron chi connectivity index (χ0n) is 11.0.